The first-order chi connectivity index (χ1) is 9.95. The SMILES string of the molecule is CC(C)(C)c1ccc(NC(=O)CCC2CCNCC2)cc1.Cl. The molecule has 0 saturated carbocycles. The molecule has 22 heavy (non-hydrogen) atoms. The Labute approximate surface area is 140 Å². The third kappa shape index (κ3) is 5.98. The number of piperidine rings is 1. The molecule has 0 unspecified atom stereocenters. The molecule has 0 aromatic heterocycles. The van der Waals surface area contributed by atoms with E-state index in [0.29, 0.717) is 12.3 Å². The number of hydrogen-bond donors (Lipinski definition) is 2. The number of nitrogens with one attached hydrogen (secondary N) is 2. The maximum absolute atomic E-state index is 12.0. The van der Waals surface area contributed by atoms with Crippen molar-refractivity contribution in [1.82, 2.24) is 5.32 Å². The minimum absolute atomic E-state index is 0. The fourth-order valence-corrected chi connectivity index (χ4v) is 2.78. The zero-order chi connectivity index (χ0) is 15.3. The van der Waals surface area contributed by atoms with Crippen molar-refractivity contribution in [3.8, 4) is 0 Å². The maximum atomic E-state index is 12.0. The minimum atomic E-state index is 0. The van der Waals surface area contributed by atoms with Crippen LogP contribution in [-0.4, -0.2) is 19.0 Å². The van der Waals surface area contributed by atoms with Crippen molar-refractivity contribution in [2.75, 3.05) is 18.4 Å². The van der Waals surface area contributed by atoms with Crippen LogP contribution in [0.15, 0.2) is 24.3 Å². The van der Waals surface area contributed by atoms with Crippen LogP contribution in [-0.2, 0) is 10.2 Å². The van der Waals surface area contributed by atoms with Gasteiger partial charge in [0.2, 0.25) is 5.91 Å². The number of rotatable bonds is 4. The molecule has 124 valence electrons. The minimum Gasteiger partial charge on any atom is -0.326 e. The first-order valence-electron chi connectivity index (χ1n) is 8.06. The van der Waals surface area contributed by atoms with E-state index in [2.05, 4.69) is 43.5 Å². The van der Waals surface area contributed by atoms with E-state index in [1.807, 2.05) is 12.1 Å². The van der Waals surface area contributed by atoms with E-state index in [9.17, 15) is 4.79 Å². The van der Waals surface area contributed by atoms with Crippen LogP contribution in [0.25, 0.3) is 0 Å². The van der Waals surface area contributed by atoms with Crippen LogP contribution in [0.1, 0.15) is 52.0 Å². The quantitative estimate of drug-likeness (QED) is 0.874. The zero-order valence-corrected chi connectivity index (χ0v) is 14.8. The molecule has 0 radical (unpaired) electrons. The summed E-state index contributed by atoms with van der Waals surface area (Å²) in [5, 5.41) is 6.36. The number of amides is 1. The summed E-state index contributed by atoms with van der Waals surface area (Å²) >= 11 is 0. The second kappa shape index (κ2) is 8.54. The van der Waals surface area contributed by atoms with Gasteiger partial charge in [-0.15, -0.1) is 12.4 Å². The van der Waals surface area contributed by atoms with Crippen LogP contribution in [0.5, 0.6) is 0 Å². The molecular formula is C18H29ClN2O. The van der Waals surface area contributed by atoms with Gasteiger partial charge >= 0.3 is 0 Å². The Bertz CT molecular complexity index is 459. The molecule has 0 bridgehead atoms. The lowest BCUT2D eigenvalue weighted by Gasteiger charge is -2.22. The second-order valence-corrected chi connectivity index (χ2v) is 7.11. The predicted octanol–water partition coefficient (Wildman–Crippen LogP) is 4.12. The van der Waals surface area contributed by atoms with Gasteiger partial charge in [0, 0.05) is 12.1 Å². The molecule has 0 spiro atoms. The zero-order valence-electron chi connectivity index (χ0n) is 13.9. The molecule has 1 aromatic rings. The summed E-state index contributed by atoms with van der Waals surface area (Å²) in [6, 6.07) is 8.21. The first-order valence-corrected chi connectivity index (χ1v) is 8.06. The Morgan fingerprint density at radius 2 is 1.77 bits per heavy atom. The van der Waals surface area contributed by atoms with Gasteiger partial charge in [0.1, 0.15) is 0 Å². The number of anilines is 1. The summed E-state index contributed by atoms with van der Waals surface area (Å²) < 4.78 is 0. The van der Waals surface area contributed by atoms with Crippen LogP contribution in [0.2, 0.25) is 0 Å². The molecule has 1 aromatic carbocycles. The van der Waals surface area contributed by atoms with Gasteiger partial charge in [-0.05, 0) is 61.4 Å². The van der Waals surface area contributed by atoms with Crippen LogP contribution < -0.4 is 10.6 Å². The molecule has 1 fully saturated rings. The predicted molar refractivity (Wildman–Crippen MR) is 95.8 cm³/mol. The van der Waals surface area contributed by atoms with E-state index in [1.54, 1.807) is 0 Å². The fourth-order valence-electron chi connectivity index (χ4n) is 2.78. The number of benzene rings is 1. The summed E-state index contributed by atoms with van der Waals surface area (Å²) in [5.74, 6) is 0.845. The second-order valence-electron chi connectivity index (χ2n) is 7.11. The van der Waals surface area contributed by atoms with E-state index in [1.165, 1.54) is 18.4 Å². The van der Waals surface area contributed by atoms with Crippen LogP contribution >= 0.6 is 12.4 Å². The highest BCUT2D eigenvalue weighted by atomic mass is 35.5. The average Bonchev–Trinajstić information content (AvgIpc) is 2.46. The lowest BCUT2D eigenvalue weighted by molar-refractivity contribution is -0.116. The highest BCUT2D eigenvalue weighted by molar-refractivity contribution is 5.90. The molecule has 2 rings (SSSR count). The summed E-state index contributed by atoms with van der Waals surface area (Å²) in [6.07, 6.45) is 4.04. The number of carbonyl (C=O) groups excluding carboxylic acids is 1. The largest absolute Gasteiger partial charge is 0.326 e. The summed E-state index contributed by atoms with van der Waals surface area (Å²) in [6.45, 7) is 8.78. The van der Waals surface area contributed by atoms with Crippen LogP contribution in [0, 0.1) is 5.92 Å². The van der Waals surface area contributed by atoms with Crippen molar-refractivity contribution < 1.29 is 4.79 Å². The molecule has 1 aliphatic heterocycles. The van der Waals surface area contributed by atoms with Gasteiger partial charge in [-0.3, -0.25) is 4.79 Å². The number of hydrogen-bond acceptors (Lipinski definition) is 2. The Morgan fingerprint density at radius 3 is 2.32 bits per heavy atom. The van der Waals surface area contributed by atoms with Crippen molar-refractivity contribution in [2.24, 2.45) is 5.92 Å². The van der Waals surface area contributed by atoms with E-state index in [-0.39, 0.29) is 23.7 Å². The van der Waals surface area contributed by atoms with Gasteiger partial charge in [0.05, 0.1) is 0 Å². The Balaban J connectivity index is 0.00000242. The summed E-state index contributed by atoms with van der Waals surface area (Å²) in [7, 11) is 0. The van der Waals surface area contributed by atoms with Crippen molar-refractivity contribution >= 4 is 24.0 Å². The summed E-state index contributed by atoms with van der Waals surface area (Å²) in [4.78, 5) is 12.0. The first kappa shape index (κ1) is 19.0. The monoisotopic (exact) mass is 324 g/mol. The smallest absolute Gasteiger partial charge is 0.224 e. The molecule has 0 aliphatic carbocycles. The van der Waals surface area contributed by atoms with Gasteiger partial charge < -0.3 is 10.6 Å². The van der Waals surface area contributed by atoms with Gasteiger partial charge in [-0.1, -0.05) is 32.9 Å². The standard InChI is InChI=1S/C18H28N2O.ClH/c1-18(2,3)15-5-7-16(8-6-15)20-17(21)9-4-14-10-12-19-13-11-14;/h5-8,14,19H,4,9-13H2,1-3H3,(H,20,21);1H. The molecular weight excluding hydrogens is 296 g/mol. The Hall–Kier alpha value is -1.06. The molecule has 1 aliphatic rings. The Kier molecular flexibility index (Phi) is 7.37. The van der Waals surface area contributed by atoms with Crippen molar-refractivity contribution in [3.05, 3.63) is 29.8 Å². The number of halogens is 1. The lowest BCUT2D eigenvalue weighted by Crippen LogP contribution is -2.28. The molecule has 2 N–H and O–H groups in total. The fraction of sp³-hybridized carbons (Fsp3) is 0.611. The van der Waals surface area contributed by atoms with Crippen molar-refractivity contribution in [1.29, 1.82) is 0 Å². The number of carbonyl (C=O) groups is 1. The molecule has 1 amide bonds. The van der Waals surface area contributed by atoms with Gasteiger partial charge in [0.25, 0.3) is 0 Å². The maximum Gasteiger partial charge on any atom is 0.224 e. The average molecular weight is 325 g/mol. The molecule has 0 atom stereocenters. The molecule has 1 heterocycles. The van der Waals surface area contributed by atoms with E-state index < -0.39 is 0 Å². The van der Waals surface area contributed by atoms with Gasteiger partial charge in [-0.25, -0.2) is 0 Å². The highest BCUT2D eigenvalue weighted by Crippen LogP contribution is 2.24. The van der Waals surface area contributed by atoms with Gasteiger partial charge in [0.15, 0.2) is 0 Å². The van der Waals surface area contributed by atoms with Crippen LogP contribution in [0.3, 0.4) is 0 Å². The van der Waals surface area contributed by atoms with E-state index in [0.717, 1.165) is 25.2 Å². The topological polar surface area (TPSA) is 41.1 Å². The van der Waals surface area contributed by atoms with Crippen molar-refractivity contribution in [2.45, 2.75) is 51.9 Å². The van der Waals surface area contributed by atoms with Gasteiger partial charge in [-0.2, -0.15) is 0 Å². The third-order valence-corrected chi connectivity index (χ3v) is 4.27. The normalized spacial score (nSPS) is 16.0. The lowest BCUT2D eigenvalue weighted by atomic mass is 9.87. The Morgan fingerprint density at radius 1 is 1.18 bits per heavy atom. The molecule has 1 saturated heterocycles. The highest BCUT2D eigenvalue weighted by Gasteiger charge is 2.15. The van der Waals surface area contributed by atoms with Crippen LogP contribution in [0.4, 0.5) is 5.69 Å². The molecule has 4 heteroatoms. The summed E-state index contributed by atoms with van der Waals surface area (Å²) in [5.41, 5.74) is 2.34. The third-order valence-electron chi connectivity index (χ3n) is 4.27. The van der Waals surface area contributed by atoms with Crippen molar-refractivity contribution in [3.63, 3.8) is 0 Å². The van der Waals surface area contributed by atoms with E-state index in [4.69, 9.17) is 0 Å². The molecule has 3 nitrogen and oxygen atoms in total. The van der Waals surface area contributed by atoms with E-state index >= 15 is 0 Å².